The molecule has 9 rings (SSSR count). The lowest BCUT2D eigenvalue weighted by Crippen LogP contribution is -2.58. The number of hydrogen-bond donors (Lipinski definition) is 3. The molecule has 4 fully saturated rings. The van der Waals surface area contributed by atoms with E-state index >= 15 is 0 Å². The Hall–Kier alpha value is -5.12. The molecule has 3 N–H and O–H groups in total. The third-order valence-electron chi connectivity index (χ3n) is 12.5. The molecule has 1 unspecified atom stereocenters. The molecule has 6 aliphatic heterocycles. The van der Waals surface area contributed by atoms with Crippen LogP contribution in [0.2, 0.25) is 0 Å². The van der Waals surface area contributed by atoms with E-state index in [0.717, 1.165) is 101 Å². The number of benzene rings is 2. The van der Waals surface area contributed by atoms with Gasteiger partial charge in [0.2, 0.25) is 11.8 Å². The predicted molar refractivity (Wildman–Crippen MR) is 208 cm³/mol. The second kappa shape index (κ2) is 15.4. The molecular weight excluding hydrogens is 715 g/mol. The fraction of sp³-hybridized carbons (Fsp3) is 0.512. The number of piperazine rings is 1. The fourth-order valence-electron chi connectivity index (χ4n) is 9.34. The number of aromatic nitrogens is 2. The van der Waals surface area contributed by atoms with Crippen molar-refractivity contribution in [1.82, 2.24) is 35.1 Å². The van der Waals surface area contributed by atoms with Crippen molar-refractivity contribution in [1.29, 1.82) is 0 Å². The standard InChI is InChI=1S/C41H49N9O6/c51-36-4-2-1-3-31(36)33-22-35-38(45-44-33)42-23-27-25-48(19-20-49(27)35)18-17-46-13-9-26(10-14-46)24-47-15-11-28(12-16-47)56-29-5-6-30-32(21-29)41(55)50(40(30)54)34-7-8-37(52)43-39(34)53/h1-6,21-22,26-28,34,51H,7-20,23-25H2,(H,42,45)(H,43,52,53)/t27-,34?/m0/s1. The van der Waals surface area contributed by atoms with Crippen LogP contribution in [0.1, 0.15) is 59.2 Å². The number of nitrogens with zero attached hydrogens (tertiary/aromatic N) is 7. The van der Waals surface area contributed by atoms with Crippen molar-refractivity contribution >= 4 is 35.1 Å². The minimum absolute atomic E-state index is 0.0282. The average Bonchev–Trinajstić information content (AvgIpc) is 3.46. The summed E-state index contributed by atoms with van der Waals surface area (Å²) in [4.78, 5) is 61.5. The first-order chi connectivity index (χ1) is 27.3. The first kappa shape index (κ1) is 36.5. The highest BCUT2D eigenvalue weighted by Gasteiger charge is 2.45. The number of fused-ring (bicyclic) bond motifs is 4. The molecule has 0 spiro atoms. The molecule has 15 heteroatoms. The van der Waals surface area contributed by atoms with Crippen LogP contribution in [-0.2, 0) is 9.59 Å². The van der Waals surface area contributed by atoms with E-state index in [1.807, 2.05) is 18.2 Å². The Morgan fingerprint density at radius 1 is 0.768 bits per heavy atom. The SMILES string of the molecule is O=C1CCC(N2C(=O)c3ccc(OC4CCN(CC5CCN(CCN6CCN7c8cc(-c9ccccc9O)nnc8NC[C@H]7C6)CC5)CC4)cc3C2=O)C(=O)N1. The average molecular weight is 764 g/mol. The normalized spacial score (nSPS) is 24.1. The summed E-state index contributed by atoms with van der Waals surface area (Å²) in [6.07, 6.45) is 4.47. The lowest BCUT2D eigenvalue weighted by molar-refractivity contribution is -0.136. The maximum Gasteiger partial charge on any atom is 0.262 e. The minimum atomic E-state index is -0.979. The van der Waals surface area contributed by atoms with E-state index in [4.69, 9.17) is 4.74 Å². The van der Waals surface area contributed by atoms with Crippen molar-refractivity contribution in [2.45, 2.75) is 56.7 Å². The zero-order valence-corrected chi connectivity index (χ0v) is 31.6. The van der Waals surface area contributed by atoms with Gasteiger partial charge in [-0.25, -0.2) is 0 Å². The number of piperidine rings is 3. The van der Waals surface area contributed by atoms with Crippen LogP contribution in [0.3, 0.4) is 0 Å². The van der Waals surface area contributed by atoms with E-state index < -0.39 is 29.7 Å². The quantitative estimate of drug-likeness (QED) is 0.273. The lowest BCUT2D eigenvalue weighted by Gasteiger charge is -2.46. The van der Waals surface area contributed by atoms with Crippen LogP contribution < -0.4 is 20.3 Å². The van der Waals surface area contributed by atoms with Crippen molar-refractivity contribution in [3.8, 4) is 22.8 Å². The third-order valence-corrected chi connectivity index (χ3v) is 12.5. The van der Waals surface area contributed by atoms with E-state index in [-0.39, 0.29) is 35.8 Å². The molecule has 15 nitrogen and oxygen atoms in total. The Kier molecular flexibility index (Phi) is 10.1. The molecule has 0 saturated carbocycles. The molecule has 4 amide bonds. The van der Waals surface area contributed by atoms with Gasteiger partial charge < -0.3 is 29.9 Å². The van der Waals surface area contributed by atoms with Crippen LogP contribution in [0.4, 0.5) is 11.5 Å². The van der Waals surface area contributed by atoms with Gasteiger partial charge in [0, 0.05) is 70.9 Å². The van der Waals surface area contributed by atoms with E-state index in [1.165, 1.54) is 12.8 Å². The number of ether oxygens (including phenoxy) is 1. The Bertz CT molecular complexity index is 2010. The summed E-state index contributed by atoms with van der Waals surface area (Å²) in [5.41, 5.74) is 2.94. The second-order valence-corrected chi connectivity index (χ2v) is 16.1. The van der Waals surface area contributed by atoms with E-state index in [1.54, 1.807) is 24.3 Å². The summed E-state index contributed by atoms with van der Waals surface area (Å²) in [7, 11) is 0. The number of likely N-dealkylation sites (tertiary alicyclic amines) is 2. The Labute approximate surface area is 325 Å². The van der Waals surface area contributed by atoms with Gasteiger partial charge in [-0.3, -0.25) is 34.3 Å². The van der Waals surface area contributed by atoms with Gasteiger partial charge in [0.05, 0.1) is 28.6 Å². The van der Waals surface area contributed by atoms with Crippen LogP contribution in [0.15, 0.2) is 48.5 Å². The maximum atomic E-state index is 13.2. The molecule has 0 aliphatic carbocycles. The van der Waals surface area contributed by atoms with Crippen LogP contribution in [0.25, 0.3) is 11.3 Å². The highest BCUT2D eigenvalue weighted by molar-refractivity contribution is 6.23. The molecule has 294 valence electrons. The number of rotatable bonds is 9. The molecule has 2 atom stereocenters. The van der Waals surface area contributed by atoms with Crippen LogP contribution in [-0.4, -0.2) is 149 Å². The number of anilines is 2. The predicted octanol–water partition coefficient (Wildman–Crippen LogP) is 2.42. The number of phenols is 1. The lowest BCUT2D eigenvalue weighted by atomic mass is 9.95. The number of carbonyl (C=O) groups is 4. The highest BCUT2D eigenvalue weighted by Crippen LogP contribution is 2.36. The molecule has 0 radical (unpaired) electrons. The first-order valence-corrected chi connectivity index (χ1v) is 20.1. The van der Waals surface area contributed by atoms with Crippen LogP contribution in [0, 0.1) is 5.92 Å². The molecule has 2 aromatic carbocycles. The van der Waals surface area contributed by atoms with Gasteiger partial charge in [-0.1, -0.05) is 12.1 Å². The fourth-order valence-corrected chi connectivity index (χ4v) is 9.34. The van der Waals surface area contributed by atoms with Gasteiger partial charge in [0.15, 0.2) is 5.82 Å². The van der Waals surface area contributed by atoms with Crippen molar-refractivity contribution in [3.63, 3.8) is 0 Å². The second-order valence-electron chi connectivity index (χ2n) is 16.1. The number of imide groups is 2. The van der Waals surface area contributed by atoms with Crippen LogP contribution in [0.5, 0.6) is 11.5 Å². The van der Waals surface area contributed by atoms with E-state index in [0.29, 0.717) is 29.0 Å². The van der Waals surface area contributed by atoms with Crippen molar-refractivity contribution < 1.29 is 29.0 Å². The Morgan fingerprint density at radius 2 is 1.54 bits per heavy atom. The summed E-state index contributed by atoms with van der Waals surface area (Å²) < 4.78 is 6.32. The van der Waals surface area contributed by atoms with Gasteiger partial charge in [-0.05, 0) is 87.5 Å². The molecule has 7 heterocycles. The molecule has 0 bridgehead atoms. The molecule has 6 aliphatic rings. The van der Waals surface area contributed by atoms with E-state index in [2.05, 4.69) is 46.5 Å². The third kappa shape index (κ3) is 7.30. The van der Waals surface area contributed by atoms with E-state index in [9.17, 15) is 24.3 Å². The molecule has 4 saturated heterocycles. The summed E-state index contributed by atoms with van der Waals surface area (Å²) >= 11 is 0. The summed E-state index contributed by atoms with van der Waals surface area (Å²) in [6, 6.07) is 13.7. The molecule has 1 aromatic heterocycles. The number of carbonyl (C=O) groups excluding carboxylic acids is 4. The largest absolute Gasteiger partial charge is 0.507 e. The molecule has 56 heavy (non-hydrogen) atoms. The van der Waals surface area contributed by atoms with Crippen LogP contribution >= 0.6 is 0 Å². The molecular formula is C41H49N9O6. The summed E-state index contributed by atoms with van der Waals surface area (Å²) in [6.45, 7) is 11.3. The smallest absolute Gasteiger partial charge is 0.262 e. The zero-order valence-electron chi connectivity index (χ0n) is 31.6. The van der Waals surface area contributed by atoms with Gasteiger partial charge in [0.1, 0.15) is 23.6 Å². The molecule has 3 aromatic rings. The number of nitrogens with one attached hydrogen (secondary N) is 2. The monoisotopic (exact) mass is 763 g/mol. The van der Waals surface area contributed by atoms with Gasteiger partial charge >= 0.3 is 0 Å². The number of para-hydroxylation sites is 1. The number of amides is 4. The van der Waals surface area contributed by atoms with Crippen molar-refractivity contribution in [3.05, 3.63) is 59.7 Å². The zero-order chi connectivity index (χ0) is 38.3. The van der Waals surface area contributed by atoms with Gasteiger partial charge in [-0.2, -0.15) is 0 Å². The highest BCUT2D eigenvalue weighted by atomic mass is 16.5. The minimum Gasteiger partial charge on any atom is -0.507 e. The summed E-state index contributed by atoms with van der Waals surface area (Å²) in [5.74, 6) is 0.236. The van der Waals surface area contributed by atoms with Crippen molar-refractivity contribution in [2.75, 3.05) is 82.2 Å². The maximum absolute atomic E-state index is 13.2. The van der Waals surface area contributed by atoms with Gasteiger partial charge in [-0.15, -0.1) is 10.2 Å². The number of hydrogen-bond acceptors (Lipinski definition) is 13. The van der Waals surface area contributed by atoms with Crippen molar-refractivity contribution in [2.24, 2.45) is 5.92 Å². The number of phenolic OH excluding ortho intramolecular Hbond substituents is 1. The number of aromatic hydroxyl groups is 1. The first-order valence-electron chi connectivity index (χ1n) is 20.1. The topological polar surface area (TPSA) is 164 Å². The van der Waals surface area contributed by atoms with Gasteiger partial charge in [0.25, 0.3) is 11.8 Å². The Balaban J connectivity index is 0.694. The summed E-state index contributed by atoms with van der Waals surface area (Å²) in [5, 5.41) is 24.9. The Morgan fingerprint density at radius 3 is 2.34 bits per heavy atom.